The Bertz CT molecular complexity index is 637. The van der Waals surface area contributed by atoms with Gasteiger partial charge in [0, 0.05) is 32.2 Å². The van der Waals surface area contributed by atoms with Crippen LogP contribution in [0.3, 0.4) is 0 Å². The molecule has 0 aliphatic carbocycles. The maximum absolute atomic E-state index is 12.4. The number of aromatic carboxylic acids is 1. The summed E-state index contributed by atoms with van der Waals surface area (Å²) in [5.41, 5.74) is 0.905. The lowest BCUT2D eigenvalue weighted by molar-refractivity contribution is 0.00103. The van der Waals surface area contributed by atoms with Gasteiger partial charge in [0.15, 0.2) is 0 Å². The Hall–Kier alpha value is -2.08. The highest BCUT2D eigenvalue weighted by molar-refractivity contribution is 5.87. The van der Waals surface area contributed by atoms with E-state index in [-0.39, 0.29) is 12.1 Å². The quantitative estimate of drug-likeness (QED) is 0.813. The molecule has 0 spiro atoms. The maximum Gasteiger partial charge on any atom is 0.410 e. The normalized spacial score (nSPS) is 18.4. The number of benzene rings is 1. The third kappa shape index (κ3) is 6.54. The predicted molar refractivity (Wildman–Crippen MR) is 105 cm³/mol. The number of unbranched alkanes of at least 4 members (excludes halogenated alkanes) is 1. The number of nitrogens with zero attached hydrogens (tertiary/aromatic N) is 2. The van der Waals surface area contributed by atoms with Crippen LogP contribution in [0.1, 0.15) is 62.9 Å². The average molecular weight is 376 g/mol. The number of hydrogen-bond acceptors (Lipinski definition) is 4. The molecule has 150 valence electrons. The Kier molecular flexibility index (Phi) is 7.25. The second-order valence-electron chi connectivity index (χ2n) is 8.19. The molecule has 1 aliphatic heterocycles. The molecule has 1 fully saturated rings. The summed E-state index contributed by atoms with van der Waals surface area (Å²) in [6, 6.07) is 7.33. The van der Waals surface area contributed by atoms with Crippen LogP contribution in [0.5, 0.6) is 0 Å². The average Bonchev–Trinajstić information content (AvgIpc) is 2.59. The SMILES string of the molecule is CCCC[C@H]1CN(C(=O)OC(C)(C)C)CCN1Cc1ccc(C(=O)O)cc1. The predicted octanol–water partition coefficient (Wildman–Crippen LogP) is 4.00. The molecule has 2 rings (SSSR count). The fraction of sp³-hybridized carbons (Fsp3) is 0.619. The molecule has 1 amide bonds. The summed E-state index contributed by atoms with van der Waals surface area (Å²) in [7, 11) is 0. The van der Waals surface area contributed by atoms with Gasteiger partial charge in [0.05, 0.1) is 5.56 Å². The van der Waals surface area contributed by atoms with E-state index in [1.54, 1.807) is 12.1 Å². The number of carbonyl (C=O) groups excluding carboxylic acids is 1. The lowest BCUT2D eigenvalue weighted by Crippen LogP contribution is -2.55. The number of piperazine rings is 1. The van der Waals surface area contributed by atoms with Gasteiger partial charge in [-0.1, -0.05) is 31.9 Å². The summed E-state index contributed by atoms with van der Waals surface area (Å²) in [5, 5.41) is 9.04. The lowest BCUT2D eigenvalue weighted by atomic mass is 10.0. The van der Waals surface area contributed by atoms with Crippen LogP contribution in [-0.2, 0) is 11.3 Å². The number of rotatable bonds is 6. The Morgan fingerprint density at radius 1 is 1.19 bits per heavy atom. The van der Waals surface area contributed by atoms with Crippen LogP contribution < -0.4 is 0 Å². The van der Waals surface area contributed by atoms with E-state index in [9.17, 15) is 9.59 Å². The minimum absolute atomic E-state index is 0.241. The first-order chi connectivity index (χ1) is 12.7. The summed E-state index contributed by atoms with van der Waals surface area (Å²) < 4.78 is 5.53. The van der Waals surface area contributed by atoms with E-state index >= 15 is 0 Å². The first-order valence-corrected chi connectivity index (χ1v) is 9.74. The van der Waals surface area contributed by atoms with Gasteiger partial charge in [-0.25, -0.2) is 9.59 Å². The first-order valence-electron chi connectivity index (χ1n) is 9.74. The van der Waals surface area contributed by atoms with Crippen molar-refractivity contribution in [3.8, 4) is 0 Å². The molecule has 6 nitrogen and oxygen atoms in total. The molecule has 1 aliphatic rings. The van der Waals surface area contributed by atoms with Crippen molar-refractivity contribution in [3.63, 3.8) is 0 Å². The molecule has 1 aromatic carbocycles. The van der Waals surface area contributed by atoms with Gasteiger partial charge in [-0.3, -0.25) is 4.90 Å². The van der Waals surface area contributed by atoms with Crippen LogP contribution >= 0.6 is 0 Å². The number of amides is 1. The van der Waals surface area contributed by atoms with Crippen molar-refractivity contribution >= 4 is 12.1 Å². The van der Waals surface area contributed by atoms with E-state index in [0.29, 0.717) is 18.7 Å². The van der Waals surface area contributed by atoms with Gasteiger partial charge >= 0.3 is 12.1 Å². The lowest BCUT2D eigenvalue weighted by Gasteiger charge is -2.42. The number of carboxylic acid groups (broad SMARTS) is 1. The van der Waals surface area contributed by atoms with Crippen molar-refractivity contribution in [3.05, 3.63) is 35.4 Å². The molecule has 1 saturated heterocycles. The highest BCUT2D eigenvalue weighted by Gasteiger charge is 2.31. The zero-order chi connectivity index (χ0) is 20.0. The Labute approximate surface area is 162 Å². The van der Waals surface area contributed by atoms with Gasteiger partial charge in [0.2, 0.25) is 0 Å². The molecule has 0 radical (unpaired) electrons. The Morgan fingerprint density at radius 2 is 1.85 bits per heavy atom. The van der Waals surface area contributed by atoms with Crippen LogP contribution in [-0.4, -0.2) is 58.2 Å². The largest absolute Gasteiger partial charge is 0.478 e. The topological polar surface area (TPSA) is 70.1 Å². The molecular weight excluding hydrogens is 344 g/mol. The third-order valence-electron chi connectivity index (χ3n) is 4.73. The van der Waals surface area contributed by atoms with Gasteiger partial charge in [-0.15, -0.1) is 0 Å². The first kappa shape index (κ1) is 21.2. The van der Waals surface area contributed by atoms with Gasteiger partial charge in [0.25, 0.3) is 0 Å². The number of carboxylic acids is 1. The Balaban J connectivity index is 2.03. The van der Waals surface area contributed by atoms with Crippen LogP contribution in [0.25, 0.3) is 0 Å². The van der Waals surface area contributed by atoms with E-state index in [0.717, 1.165) is 37.9 Å². The second kappa shape index (κ2) is 9.22. The Morgan fingerprint density at radius 3 is 2.41 bits per heavy atom. The van der Waals surface area contributed by atoms with Crippen molar-refractivity contribution in [2.75, 3.05) is 19.6 Å². The van der Waals surface area contributed by atoms with Crippen molar-refractivity contribution < 1.29 is 19.4 Å². The molecule has 6 heteroatoms. The molecule has 1 aromatic rings. The van der Waals surface area contributed by atoms with Crippen LogP contribution in [0.4, 0.5) is 4.79 Å². The number of carbonyl (C=O) groups is 2. The minimum atomic E-state index is -0.909. The van der Waals surface area contributed by atoms with Crippen molar-refractivity contribution in [2.24, 2.45) is 0 Å². The summed E-state index contributed by atoms with van der Waals surface area (Å²) in [4.78, 5) is 27.7. The molecule has 1 heterocycles. The molecule has 0 saturated carbocycles. The third-order valence-corrected chi connectivity index (χ3v) is 4.73. The highest BCUT2D eigenvalue weighted by atomic mass is 16.6. The van der Waals surface area contributed by atoms with Crippen molar-refractivity contribution in [1.29, 1.82) is 0 Å². The van der Waals surface area contributed by atoms with Crippen molar-refractivity contribution in [1.82, 2.24) is 9.80 Å². The number of hydrogen-bond donors (Lipinski definition) is 1. The van der Waals surface area contributed by atoms with Gasteiger partial charge in [0.1, 0.15) is 5.60 Å². The molecule has 1 N–H and O–H groups in total. The van der Waals surface area contributed by atoms with Crippen LogP contribution in [0.15, 0.2) is 24.3 Å². The molecule has 0 bridgehead atoms. The molecule has 1 atom stereocenters. The molecular formula is C21H32N2O4. The van der Waals surface area contributed by atoms with E-state index in [2.05, 4.69) is 11.8 Å². The van der Waals surface area contributed by atoms with Gasteiger partial charge < -0.3 is 14.7 Å². The minimum Gasteiger partial charge on any atom is -0.478 e. The fourth-order valence-corrected chi connectivity index (χ4v) is 3.29. The van der Waals surface area contributed by atoms with Crippen molar-refractivity contribution in [2.45, 2.75) is 65.1 Å². The maximum atomic E-state index is 12.4. The zero-order valence-corrected chi connectivity index (χ0v) is 16.9. The van der Waals surface area contributed by atoms with Crippen LogP contribution in [0, 0.1) is 0 Å². The monoisotopic (exact) mass is 376 g/mol. The van der Waals surface area contributed by atoms with E-state index < -0.39 is 11.6 Å². The van der Waals surface area contributed by atoms with E-state index in [1.165, 1.54) is 0 Å². The van der Waals surface area contributed by atoms with Gasteiger partial charge in [-0.2, -0.15) is 0 Å². The molecule has 0 aromatic heterocycles. The fourth-order valence-electron chi connectivity index (χ4n) is 3.29. The van der Waals surface area contributed by atoms with Crippen LogP contribution in [0.2, 0.25) is 0 Å². The molecule has 0 unspecified atom stereocenters. The summed E-state index contributed by atoms with van der Waals surface area (Å²) >= 11 is 0. The smallest absolute Gasteiger partial charge is 0.410 e. The van der Waals surface area contributed by atoms with E-state index in [4.69, 9.17) is 9.84 Å². The van der Waals surface area contributed by atoms with E-state index in [1.807, 2.05) is 37.8 Å². The number of ether oxygens (including phenoxy) is 1. The standard InChI is InChI=1S/C21H32N2O4/c1-5-6-7-18-15-23(20(26)27-21(2,3)4)13-12-22(18)14-16-8-10-17(11-9-16)19(24)25/h8-11,18H,5-7,12-15H2,1-4H3,(H,24,25)/t18-/m0/s1. The summed E-state index contributed by atoms with van der Waals surface area (Å²) in [6.45, 7) is 10.7. The summed E-state index contributed by atoms with van der Waals surface area (Å²) in [6.07, 6.45) is 3.02. The van der Waals surface area contributed by atoms with Gasteiger partial charge in [-0.05, 0) is 44.9 Å². The second-order valence-corrected chi connectivity index (χ2v) is 8.19. The molecule has 27 heavy (non-hydrogen) atoms. The zero-order valence-electron chi connectivity index (χ0n) is 16.9. The summed E-state index contributed by atoms with van der Waals surface area (Å²) in [5.74, 6) is -0.909. The highest BCUT2D eigenvalue weighted by Crippen LogP contribution is 2.21.